The van der Waals surface area contributed by atoms with E-state index in [0.717, 1.165) is 11.8 Å². The molecule has 88 valence electrons. The fourth-order valence-corrected chi connectivity index (χ4v) is 2.12. The first kappa shape index (κ1) is 11.1. The fraction of sp³-hybridized carbons (Fsp3) is 0.400. The molecule has 1 N–H and O–H groups in total. The van der Waals surface area contributed by atoms with Crippen molar-refractivity contribution in [1.29, 1.82) is 0 Å². The lowest BCUT2D eigenvalue weighted by Gasteiger charge is -2.20. The van der Waals surface area contributed by atoms with Gasteiger partial charge in [0.1, 0.15) is 13.2 Å². The van der Waals surface area contributed by atoms with Crippen LogP contribution in [0.4, 0.5) is 5.69 Å². The lowest BCUT2D eigenvalue weighted by atomic mass is 10.2. The van der Waals surface area contributed by atoms with Crippen LogP contribution < -0.4 is 14.2 Å². The van der Waals surface area contributed by atoms with E-state index >= 15 is 0 Å². The van der Waals surface area contributed by atoms with Crippen LogP contribution in [0.3, 0.4) is 0 Å². The second-order valence-corrected chi connectivity index (χ2v) is 5.43. The zero-order valence-corrected chi connectivity index (χ0v) is 9.93. The van der Waals surface area contributed by atoms with E-state index < -0.39 is 10.0 Å². The van der Waals surface area contributed by atoms with Crippen LogP contribution in [-0.2, 0) is 10.0 Å². The largest absolute Gasteiger partial charge is 0.486 e. The summed E-state index contributed by atoms with van der Waals surface area (Å²) in [4.78, 5) is 0. The van der Waals surface area contributed by atoms with Gasteiger partial charge in [-0.15, -0.1) is 0 Å². The molecule has 0 spiro atoms. The number of anilines is 1. The van der Waals surface area contributed by atoms with Crippen LogP contribution in [0, 0.1) is 6.92 Å². The molecule has 0 amide bonds. The van der Waals surface area contributed by atoms with Crippen LogP contribution in [0.5, 0.6) is 11.5 Å². The predicted octanol–water partition coefficient (Wildman–Crippen LogP) is 1.14. The molecule has 2 rings (SSSR count). The second-order valence-electron chi connectivity index (χ2n) is 3.69. The zero-order valence-electron chi connectivity index (χ0n) is 9.11. The Morgan fingerprint density at radius 2 is 1.75 bits per heavy atom. The molecular weight excluding hydrogens is 230 g/mol. The maximum Gasteiger partial charge on any atom is 0.229 e. The molecule has 1 aliphatic heterocycles. The Balaban J connectivity index is 2.40. The molecule has 0 radical (unpaired) electrons. The van der Waals surface area contributed by atoms with Gasteiger partial charge in [0.05, 0.1) is 11.9 Å². The van der Waals surface area contributed by atoms with Gasteiger partial charge in [0, 0.05) is 6.07 Å². The summed E-state index contributed by atoms with van der Waals surface area (Å²) in [6.07, 6.45) is 1.11. The summed E-state index contributed by atoms with van der Waals surface area (Å²) in [7, 11) is -3.27. The molecule has 0 saturated heterocycles. The van der Waals surface area contributed by atoms with Crippen molar-refractivity contribution in [2.45, 2.75) is 6.92 Å². The van der Waals surface area contributed by atoms with E-state index in [4.69, 9.17) is 9.47 Å². The molecule has 1 aromatic carbocycles. The second kappa shape index (κ2) is 3.86. The first-order valence-corrected chi connectivity index (χ1v) is 6.73. The maximum absolute atomic E-state index is 11.1. The average Bonchev–Trinajstić information content (AvgIpc) is 2.17. The van der Waals surface area contributed by atoms with Crippen LogP contribution in [0.15, 0.2) is 12.1 Å². The summed E-state index contributed by atoms with van der Waals surface area (Å²) < 4.78 is 35.5. The molecule has 0 bridgehead atoms. The van der Waals surface area contributed by atoms with Crippen molar-refractivity contribution < 1.29 is 17.9 Å². The van der Waals surface area contributed by atoms with Crippen molar-refractivity contribution in [3.05, 3.63) is 17.7 Å². The average molecular weight is 243 g/mol. The number of hydrogen-bond acceptors (Lipinski definition) is 4. The molecule has 0 fully saturated rings. The third-order valence-corrected chi connectivity index (χ3v) is 2.78. The first-order valence-electron chi connectivity index (χ1n) is 4.84. The van der Waals surface area contributed by atoms with Gasteiger partial charge < -0.3 is 9.47 Å². The van der Waals surface area contributed by atoms with Crippen molar-refractivity contribution in [3.8, 4) is 11.5 Å². The van der Waals surface area contributed by atoms with E-state index in [2.05, 4.69) is 4.72 Å². The maximum atomic E-state index is 11.1. The normalized spacial score (nSPS) is 14.6. The number of sulfonamides is 1. The van der Waals surface area contributed by atoms with E-state index in [9.17, 15) is 8.42 Å². The van der Waals surface area contributed by atoms with E-state index in [1.165, 1.54) is 0 Å². The monoisotopic (exact) mass is 243 g/mol. The highest BCUT2D eigenvalue weighted by atomic mass is 32.2. The Kier molecular flexibility index (Phi) is 2.67. The summed E-state index contributed by atoms with van der Waals surface area (Å²) in [5.41, 5.74) is 1.32. The van der Waals surface area contributed by atoms with Crippen LogP contribution in [-0.4, -0.2) is 27.9 Å². The fourth-order valence-electron chi connectivity index (χ4n) is 1.50. The van der Waals surface area contributed by atoms with Gasteiger partial charge in [-0.05, 0) is 18.6 Å². The summed E-state index contributed by atoms with van der Waals surface area (Å²) in [6, 6.07) is 3.41. The molecule has 0 saturated carbocycles. The van der Waals surface area contributed by atoms with Gasteiger partial charge in [-0.2, -0.15) is 0 Å². The molecule has 0 unspecified atom stereocenters. The lowest BCUT2D eigenvalue weighted by molar-refractivity contribution is 0.171. The standard InChI is InChI=1S/C10H13NO4S/c1-7-5-9-10(15-4-3-14-9)6-8(7)11-16(2,12)13/h5-6,11H,3-4H2,1-2H3. The smallest absolute Gasteiger partial charge is 0.229 e. The minimum Gasteiger partial charge on any atom is -0.486 e. The SMILES string of the molecule is Cc1cc2c(cc1NS(C)(=O)=O)OCCO2. The highest BCUT2D eigenvalue weighted by molar-refractivity contribution is 7.92. The van der Waals surface area contributed by atoms with Gasteiger partial charge in [0.2, 0.25) is 10.0 Å². The van der Waals surface area contributed by atoms with E-state index in [0.29, 0.717) is 30.4 Å². The van der Waals surface area contributed by atoms with Gasteiger partial charge >= 0.3 is 0 Å². The Hall–Kier alpha value is -1.43. The van der Waals surface area contributed by atoms with Crippen LogP contribution >= 0.6 is 0 Å². The van der Waals surface area contributed by atoms with Crippen molar-refractivity contribution in [3.63, 3.8) is 0 Å². The quantitative estimate of drug-likeness (QED) is 0.846. The summed E-state index contributed by atoms with van der Waals surface area (Å²) in [5, 5.41) is 0. The Labute approximate surface area is 94.4 Å². The summed E-state index contributed by atoms with van der Waals surface area (Å²) in [6.45, 7) is 2.81. The third kappa shape index (κ3) is 2.38. The minimum absolute atomic E-state index is 0.481. The van der Waals surface area contributed by atoms with Crippen molar-refractivity contribution in [2.75, 3.05) is 24.2 Å². The molecule has 5 nitrogen and oxygen atoms in total. The Morgan fingerprint density at radius 3 is 2.31 bits per heavy atom. The first-order chi connectivity index (χ1) is 7.46. The highest BCUT2D eigenvalue weighted by Gasteiger charge is 2.15. The molecular formula is C10H13NO4S. The van der Waals surface area contributed by atoms with E-state index in [-0.39, 0.29) is 0 Å². The summed E-state index contributed by atoms with van der Waals surface area (Å²) >= 11 is 0. The molecule has 16 heavy (non-hydrogen) atoms. The molecule has 0 atom stereocenters. The number of benzene rings is 1. The van der Waals surface area contributed by atoms with Gasteiger partial charge in [0.15, 0.2) is 11.5 Å². The van der Waals surface area contributed by atoms with E-state index in [1.54, 1.807) is 12.1 Å². The number of aryl methyl sites for hydroxylation is 1. The molecule has 6 heteroatoms. The predicted molar refractivity (Wildman–Crippen MR) is 60.6 cm³/mol. The van der Waals surface area contributed by atoms with Gasteiger partial charge in [0.25, 0.3) is 0 Å². The van der Waals surface area contributed by atoms with Crippen molar-refractivity contribution in [1.82, 2.24) is 0 Å². The molecule has 1 aromatic rings. The van der Waals surface area contributed by atoms with Gasteiger partial charge in [-0.25, -0.2) is 8.42 Å². The van der Waals surface area contributed by atoms with E-state index in [1.807, 2.05) is 6.92 Å². The number of rotatable bonds is 2. The van der Waals surface area contributed by atoms with Crippen molar-refractivity contribution in [2.24, 2.45) is 0 Å². The molecule has 1 heterocycles. The van der Waals surface area contributed by atoms with Gasteiger partial charge in [-0.1, -0.05) is 0 Å². The molecule has 0 aromatic heterocycles. The lowest BCUT2D eigenvalue weighted by Crippen LogP contribution is -2.16. The Morgan fingerprint density at radius 1 is 1.19 bits per heavy atom. The molecule has 1 aliphatic rings. The van der Waals surface area contributed by atoms with Crippen LogP contribution in [0.25, 0.3) is 0 Å². The Bertz CT molecular complexity index is 510. The van der Waals surface area contributed by atoms with Crippen LogP contribution in [0.2, 0.25) is 0 Å². The minimum atomic E-state index is -3.27. The highest BCUT2D eigenvalue weighted by Crippen LogP contribution is 2.35. The number of fused-ring (bicyclic) bond motifs is 1. The number of ether oxygens (including phenoxy) is 2. The summed E-state index contributed by atoms with van der Waals surface area (Å²) in [5.74, 6) is 1.23. The topological polar surface area (TPSA) is 64.6 Å². The number of nitrogens with one attached hydrogen (secondary N) is 1. The van der Waals surface area contributed by atoms with Gasteiger partial charge in [-0.3, -0.25) is 4.72 Å². The van der Waals surface area contributed by atoms with Crippen molar-refractivity contribution >= 4 is 15.7 Å². The third-order valence-electron chi connectivity index (χ3n) is 2.18. The van der Waals surface area contributed by atoms with Crippen LogP contribution in [0.1, 0.15) is 5.56 Å². The zero-order chi connectivity index (χ0) is 11.8. The molecule has 0 aliphatic carbocycles. The number of hydrogen-bond donors (Lipinski definition) is 1.